The average Bonchev–Trinajstić information content (AvgIpc) is 3.22. The molecule has 0 saturated heterocycles. The summed E-state index contributed by atoms with van der Waals surface area (Å²) in [5.74, 6) is -0.327. The average molecular weight is 830 g/mol. The molecule has 58 heavy (non-hydrogen) atoms. The van der Waals surface area contributed by atoms with Gasteiger partial charge in [-0.05, 0) is 83.8 Å². The molecule has 0 aliphatic heterocycles. The van der Waals surface area contributed by atoms with Crippen molar-refractivity contribution >= 4 is 11.9 Å². The first kappa shape index (κ1) is 56.7. The van der Waals surface area contributed by atoms with Gasteiger partial charge in [0.25, 0.3) is 0 Å². The van der Waals surface area contributed by atoms with Crippen molar-refractivity contribution < 1.29 is 43.1 Å². The van der Waals surface area contributed by atoms with Crippen molar-refractivity contribution in [3.05, 3.63) is 0 Å². The number of unbranched alkanes of at least 4 members (excludes halogenated alkanes) is 19. The number of ether oxygens (including phenoxy) is 6. The van der Waals surface area contributed by atoms with E-state index in [1.165, 1.54) is 77.0 Å². The Morgan fingerprint density at radius 1 is 0.397 bits per heavy atom. The van der Waals surface area contributed by atoms with Gasteiger partial charge in [0, 0.05) is 45.9 Å². The Hall–Kier alpha value is -1.30. The lowest BCUT2D eigenvalue weighted by atomic mass is 10.1. The summed E-state index contributed by atoms with van der Waals surface area (Å²) in [5, 5.41) is 9.30. The van der Waals surface area contributed by atoms with Crippen molar-refractivity contribution in [2.45, 2.75) is 233 Å². The number of aliphatic hydroxyl groups is 1. The highest BCUT2D eigenvalue weighted by molar-refractivity contribution is 5.69. The number of aliphatic hydroxyl groups excluding tert-OH is 1. The van der Waals surface area contributed by atoms with Crippen LogP contribution in [0, 0.1) is 0 Å². The van der Waals surface area contributed by atoms with Crippen molar-refractivity contribution in [1.82, 2.24) is 4.90 Å². The molecular weight excluding hydrogens is 735 g/mol. The monoisotopic (exact) mass is 830 g/mol. The number of hydrogen-bond donors (Lipinski definition) is 1. The van der Waals surface area contributed by atoms with Crippen LogP contribution in [0.15, 0.2) is 0 Å². The molecule has 0 atom stereocenters. The van der Waals surface area contributed by atoms with Gasteiger partial charge in [-0.1, -0.05) is 130 Å². The SMILES string of the molecule is CCCCCCOC(CCC(=O)OCCCCCCN(CCCCO)CCCCCCOC(=O)CCC(OCCCCCC)OCCCCCC)OCCCCCC. The van der Waals surface area contributed by atoms with Crippen LogP contribution in [0.25, 0.3) is 0 Å². The van der Waals surface area contributed by atoms with Crippen LogP contribution in [-0.2, 0) is 38.0 Å². The third kappa shape index (κ3) is 41.4. The molecule has 0 spiro atoms. The van der Waals surface area contributed by atoms with E-state index in [9.17, 15) is 14.7 Å². The van der Waals surface area contributed by atoms with Gasteiger partial charge in [0.05, 0.1) is 26.1 Å². The number of nitrogens with zero attached hydrogens (tertiary/aromatic N) is 1. The number of esters is 2. The Morgan fingerprint density at radius 2 is 0.690 bits per heavy atom. The van der Waals surface area contributed by atoms with Crippen molar-refractivity contribution in [1.29, 1.82) is 0 Å². The highest BCUT2D eigenvalue weighted by atomic mass is 16.7. The summed E-state index contributed by atoms with van der Waals surface area (Å²) in [4.78, 5) is 27.4. The Balaban J connectivity index is 4.23. The fourth-order valence-corrected chi connectivity index (χ4v) is 6.76. The first-order valence-corrected chi connectivity index (χ1v) is 24.6. The second-order valence-electron chi connectivity index (χ2n) is 16.2. The summed E-state index contributed by atoms with van der Waals surface area (Å²) in [6, 6.07) is 0. The maximum absolute atomic E-state index is 12.5. The van der Waals surface area contributed by atoms with Gasteiger partial charge in [-0.3, -0.25) is 9.59 Å². The van der Waals surface area contributed by atoms with Gasteiger partial charge >= 0.3 is 11.9 Å². The molecule has 0 rings (SSSR count). The van der Waals surface area contributed by atoms with Gasteiger partial charge < -0.3 is 38.4 Å². The lowest BCUT2D eigenvalue weighted by Gasteiger charge is -2.22. The molecule has 0 heterocycles. The first-order valence-electron chi connectivity index (χ1n) is 24.6. The minimum atomic E-state index is -0.328. The van der Waals surface area contributed by atoms with Gasteiger partial charge in [0.1, 0.15) is 0 Å². The van der Waals surface area contributed by atoms with E-state index in [-0.39, 0.29) is 31.1 Å². The second kappa shape index (κ2) is 46.8. The van der Waals surface area contributed by atoms with Crippen molar-refractivity contribution in [2.75, 3.05) is 65.9 Å². The fraction of sp³-hybridized carbons (Fsp3) is 0.958. The molecule has 0 radical (unpaired) electrons. The molecule has 346 valence electrons. The zero-order valence-corrected chi connectivity index (χ0v) is 38.6. The summed E-state index contributed by atoms with van der Waals surface area (Å²) >= 11 is 0. The minimum absolute atomic E-state index is 0.164. The molecule has 0 aliphatic rings. The van der Waals surface area contributed by atoms with Crippen LogP contribution in [0.1, 0.15) is 220 Å². The third-order valence-electron chi connectivity index (χ3n) is 10.5. The number of carbonyl (C=O) groups excluding carboxylic acids is 2. The molecular formula is C48H95NO9. The minimum Gasteiger partial charge on any atom is -0.466 e. The van der Waals surface area contributed by atoms with E-state index in [1.807, 2.05) is 0 Å². The Labute approximate surface area is 357 Å². The maximum Gasteiger partial charge on any atom is 0.305 e. The molecule has 0 aromatic rings. The number of hydrogen-bond acceptors (Lipinski definition) is 10. The normalized spacial score (nSPS) is 11.7. The largest absolute Gasteiger partial charge is 0.466 e. The molecule has 0 saturated carbocycles. The van der Waals surface area contributed by atoms with Gasteiger partial charge in [-0.2, -0.15) is 0 Å². The van der Waals surface area contributed by atoms with E-state index in [1.54, 1.807) is 0 Å². The number of rotatable bonds is 48. The molecule has 0 aromatic heterocycles. The zero-order valence-electron chi connectivity index (χ0n) is 38.6. The van der Waals surface area contributed by atoms with E-state index in [4.69, 9.17) is 28.4 Å². The summed E-state index contributed by atoms with van der Waals surface area (Å²) in [7, 11) is 0. The summed E-state index contributed by atoms with van der Waals surface area (Å²) in [6.45, 7) is 15.8. The van der Waals surface area contributed by atoms with Crippen LogP contribution < -0.4 is 0 Å². The van der Waals surface area contributed by atoms with Crippen LogP contribution in [0.2, 0.25) is 0 Å². The van der Waals surface area contributed by atoms with Gasteiger partial charge in [-0.15, -0.1) is 0 Å². The second-order valence-corrected chi connectivity index (χ2v) is 16.2. The summed E-state index contributed by atoms with van der Waals surface area (Å²) in [5.41, 5.74) is 0. The van der Waals surface area contributed by atoms with Crippen LogP contribution in [0.5, 0.6) is 0 Å². The van der Waals surface area contributed by atoms with E-state index < -0.39 is 0 Å². The van der Waals surface area contributed by atoms with Crippen LogP contribution in [0.4, 0.5) is 0 Å². The van der Waals surface area contributed by atoms with Gasteiger partial charge in [-0.25, -0.2) is 0 Å². The standard InChI is InChI=1S/C48H95NO9/c1-5-9-13-25-41-55-47(56-42-26-14-10-6-2)33-31-45(51)53-39-29-19-17-21-35-49(37-23-24-38-50)36-22-18-20-30-40-54-46(52)32-34-48(57-43-27-15-11-7-3)58-44-28-16-12-8-4/h47-48,50H,5-44H2,1-4H3. The lowest BCUT2D eigenvalue weighted by Crippen LogP contribution is -2.27. The van der Waals surface area contributed by atoms with E-state index in [2.05, 4.69) is 32.6 Å². The summed E-state index contributed by atoms with van der Waals surface area (Å²) in [6.07, 6.45) is 29.7. The van der Waals surface area contributed by atoms with Crippen molar-refractivity contribution in [3.8, 4) is 0 Å². The van der Waals surface area contributed by atoms with Crippen LogP contribution in [0.3, 0.4) is 0 Å². The topological polar surface area (TPSA) is 113 Å². The molecule has 0 bridgehead atoms. The van der Waals surface area contributed by atoms with Crippen LogP contribution in [-0.4, -0.2) is 100 Å². The lowest BCUT2D eigenvalue weighted by molar-refractivity contribution is -0.159. The molecule has 0 aliphatic carbocycles. The van der Waals surface area contributed by atoms with Crippen molar-refractivity contribution in [3.63, 3.8) is 0 Å². The Kier molecular flexibility index (Phi) is 45.7. The molecule has 1 N–H and O–H groups in total. The molecule has 0 amide bonds. The molecule has 0 aromatic carbocycles. The van der Waals surface area contributed by atoms with E-state index >= 15 is 0 Å². The smallest absolute Gasteiger partial charge is 0.305 e. The van der Waals surface area contributed by atoms with Gasteiger partial charge in [0.15, 0.2) is 12.6 Å². The molecule has 10 heteroatoms. The fourth-order valence-electron chi connectivity index (χ4n) is 6.76. The molecule has 0 unspecified atom stereocenters. The van der Waals surface area contributed by atoms with E-state index in [0.29, 0.717) is 65.3 Å². The highest BCUT2D eigenvalue weighted by Gasteiger charge is 2.15. The molecule has 0 fully saturated rings. The van der Waals surface area contributed by atoms with Crippen LogP contribution >= 0.6 is 0 Å². The molecule has 10 nitrogen and oxygen atoms in total. The quantitative estimate of drug-likeness (QED) is 0.0361. The van der Waals surface area contributed by atoms with Gasteiger partial charge in [0.2, 0.25) is 0 Å². The maximum atomic E-state index is 12.5. The zero-order chi connectivity index (χ0) is 42.4. The predicted molar refractivity (Wildman–Crippen MR) is 238 cm³/mol. The van der Waals surface area contributed by atoms with Crippen molar-refractivity contribution in [2.24, 2.45) is 0 Å². The number of carbonyl (C=O) groups is 2. The Bertz CT molecular complexity index is 758. The van der Waals surface area contributed by atoms with E-state index in [0.717, 1.165) is 110 Å². The summed E-state index contributed by atoms with van der Waals surface area (Å²) < 4.78 is 35.1. The predicted octanol–water partition coefficient (Wildman–Crippen LogP) is 11.9. The first-order chi connectivity index (χ1) is 28.5. The highest BCUT2D eigenvalue weighted by Crippen LogP contribution is 2.13. The third-order valence-corrected chi connectivity index (χ3v) is 10.5. The Morgan fingerprint density at radius 3 is 1.02 bits per heavy atom.